The third kappa shape index (κ3) is 8.60. The fraction of sp³-hybridized carbons (Fsp3) is 0.733. The van der Waals surface area contributed by atoms with E-state index in [1.54, 1.807) is 6.92 Å². The van der Waals surface area contributed by atoms with Crippen LogP contribution in [0.5, 0.6) is 0 Å². The summed E-state index contributed by atoms with van der Waals surface area (Å²) >= 11 is 6.12. The molecule has 0 spiro atoms. The van der Waals surface area contributed by atoms with E-state index in [0.717, 1.165) is 11.8 Å². The lowest BCUT2D eigenvalue weighted by Crippen LogP contribution is -2.63. The van der Waals surface area contributed by atoms with E-state index in [1.807, 2.05) is 0 Å². The molecule has 5 atom stereocenters. The normalized spacial score (nSPS) is 26.9. The lowest BCUT2D eigenvalue weighted by molar-refractivity contribution is -0.208. The Kier molecular flexibility index (Phi) is 11.8. The molecule has 1 fully saturated rings. The molecule has 1 saturated heterocycles. The van der Waals surface area contributed by atoms with Crippen LogP contribution in [0.1, 0.15) is 27.7 Å². The molecule has 0 aromatic rings. The van der Waals surface area contributed by atoms with Crippen molar-refractivity contribution in [1.29, 1.82) is 0 Å². The highest BCUT2D eigenvalue weighted by Crippen LogP contribution is 2.32. The highest BCUT2D eigenvalue weighted by molar-refractivity contribution is 8.22. The molecular weight excluding hydrogens is 422 g/mol. The number of thioether (sulfide) groups is 1. The molecule has 1 aliphatic rings. The maximum absolute atomic E-state index is 11.5. The van der Waals surface area contributed by atoms with Gasteiger partial charge in [-0.3, -0.25) is 14.4 Å². The van der Waals surface area contributed by atoms with Crippen molar-refractivity contribution in [3.05, 3.63) is 0 Å². The Morgan fingerprint density at radius 1 is 1.04 bits per heavy atom. The fourth-order valence-corrected chi connectivity index (χ4v) is 3.57. The van der Waals surface area contributed by atoms with Crippen LogP contribution in [0.15, 0.2) is 0 Å². The van der Waals surface area contributed by atoms with Crippen molar-refractivity contribution in [3.63, 3.8) is 0 Å². The number of hydrogen-bond acceptors (Lipinski definition) is 11. The summed E-state index contributed by atoms with van der Waals surface area (Å²) < 4.78 is 26.7. The average Bonchev–Trinajstić information content (AvgIpc) is 2.51. The second-order valence-electron chi connectivity index (χ2n) is 5.37. The van der Waals surface area contributed by atoms with Gasteiger partial charge in [0, 0.05) is 20.8 Å². The summed E-state index contributed by atoms with van der Waals surface area (Å²) in [4.78, 5) is 34.1. The van der Waals surface area contributed by atoms with Crippen LogP contribution < -0.4 is 5.73 Å². The quantitative estimate of drug-likeness (QED) is 0.356. The number of ether oxygens (including phenoxy) is 5. The van der Waals surface area contributed by atoms with Gasteiger partial charge in [0.25, 0.3) is 0 Å². The number of nitrogens with two attached hydrogens (primary N) is 1. The molecule has 2 N–H and O–H groups in total. The van der Waals surface area contributed by atoms with Crippen molar-refractivity contribution in [1.82, 2.24) is 0 Å². The molecule has 0 aromatic heterocycles. The van der Waals surface area contributed by atoms with Gasteiger partial charge in [0.2, 0.25) is 4.38 Å². The number of esters is 3. The second-order valence-corrected chi connectivity index (χ2v) is 7.07. The van der Waals surface area contributed by atoms with Gasteiger partial charge < -0.3 is 29.4 Å². The molecule has 1 unspecified atom stereocenters. The average molecular weight is 446 g/mol. The van der Waals surface area contributed by atoms with Gasteiger partial charge >= 0.3 is 17.9 Å². The van der Waals surface area contributed by atoms with E-state index in [1.165, 1.54) is 20.8 Å². The van der Waals surface area contributed by atoms with Crippen LogP contribution in [0.4, 0.5) is 0 Å². The summed E-state index contributed by atoms with van der Waals surface area (Å²) in [5.41, 5.74) is 5.40. The fourth-order valence-electron chi connectivity index (χ4n) is 2.28. The highest BCUT2D eigenvalue weighted by Gasteiger charge is 2.49. The SMILES string of the molecule is CCOC(=S)SC1O[C@H](COC(C)=O)[C@@H](OC(C)=O)[C@H](OC(C)=O)[C@H]1N.Cl. The molecule has 12 heteroatoms. The van der Waals surface area contributed by atoms with Crippen LogP contribution in [0.2, 0.25) is 0 Å². The molecule has 0 aromatic carbocycles. The number of carbonyl (C=O) groups excluding carboxylic acids is 3. The van der Waals surface area contributed by atoms with Gasteiger partial charge in [-0.05, 0) is 30.9 Å². The van der Waals surface area contributed by atoms with Gasteiger partial charge in [0.05, 0.1) is 12.6 Å². The predicted octanol–water partition coefficient (Wildman–Crippen LogP) is 0.941. The monoisotopic (exact) mass is 445 g/mol. The van der Waals surface area contributed by atoms with Gasteiger partial charge in [0.15, 0.2) is 12.2 Å². The molecule has 1 rings (SSSR count). The smallest absolute Gasteiger partial charge is 0.303 e. The molecule has 0 saturated carbocycles. The molecule has 27 heavy (non-hydrogen) atoms. The molecule has 0 bridgehead atoms. The molecule has 0 aliphatic carbocycles. The van der Waals surface area contributed by atoms with Gasteiger partial charge in [0.1, 0.15) is 18.1 Å². The summed E-state index contributed by atoms with van der Waals surface area (Å²) in [5, 5.41) is 0. The zero-order valence-corrected chi connectivity index (χ0v) is 17.8. The summed E-state index contributed by atoms with van der Waals surface area (Å²) in [5.74, 6) is -1.76. The molecule has 0 amide bonds. The molecule has 0 radical (unpaired) electrons. The van der Waals surface area contributed by atoms with Crippen molar-refractivity contribution < 1.29 is 38.1 Å². The maximum Gasteiger partial charge on any atom is 0.303 e. The Morgan fingerprint density at radius 2 is 1.59 bits per heavy atom. The van der Waals surface area contributed by atoms with Crippen LogP contribution in [-0.2, 0) is 38.1 Å². The first-order chi connectivity index (χ1) is 12.1. The third-order valence-corrected chi connectivity index (χ3v) is 4.60. The van der Waals surface area contributed by atoms with Crippen LogP contribution in [0.25, 0.3) is 0 Å². The minimum Gasteiger partial charge on any atom is -0.479 e. The van der Waals surface area contributed by atoms with E-state index in [2.05, 4.69) is 0 Å². The zero-order chi connectivity index (χ0) is 19.9. The molecule has 156 valence electrons. The Labute approximate surface area is 173 Å². The van der Waals surface area contributed by atoms with E-state index in [9.17, 15) is 14.4 Å². The summed E-state index contributed by atoms with van der Waals surface area (Å²) in [6.07, 6.45) is -2.94. The van der Waals surface area contributed by atoms with Crippen molar-refractivity contribution in [2.45, 2.75) is 57.5 Å². The zero-order valence-electron chi connectivity index (χ0n) is 15.4. The van der Waals surface area contributed by atoms with Crippen molar-refractivity contribution >= 4 is 58.7 Å². The standard InChI is InChI=1S/C15H23NO8S2.ClH/c1-5-20-15(25)26-14-11(16)13(23-9(4)19)12(22-8(3)18)10(24-14)6-21-7(2)17;/h10-14H,5-6,16H2,1-4H3;1H/t10-,11-,12-,13-,14?;/m1./s1. The summed E-state index contributed by atoms with van der Waals surface area (Å²) in [6, 6.07) is -0.861. The Bertz CT molecular complexity index is 550. The number of thiocarbonyl (C=S) groups is 1. The minimum absolute atomic E-state index is 0. The van der Waals surface area contributed by atoms with E-state index in [4.69, 9.17) is 41.6 Å². The van der Waals surface area contributed by atoms with Crippen molar-refractivity contribution in [2.75, 3.05) is 13.2 Å². The third-order valence-electron chi connectivity index (χ3n) is 3.22. The van der Waals surface area contributed by atoms with Crippen molar-refractivity contribution in [3.8, 4) is 0 Å². The maximum atomic E-state index is 11.5. The second kappa shape index (κ2) is 12.3. The van der Waals surface area contributed by atoms with Crippen LogP contribution in [-0.4, -0.2) is 65.3 Å². The lowest BCUT2D eigenvalue weighted by Gasteiger charge is -2.43. The summed E-state index contributed by atoms with van der Waals surface area (Å²) in [6.45, 7) is 5.57. The molecular formula is C15H24ClNO8S2. The molecule has 1 aliphatic heterocycles. The Balaban J connectivity index is 0.00000676. The van der Waals surface area contributed by atoms with E-state index in [-0.39, 0.29) is 23.4 Å². The van der Waals surface area contributed by atoms with Crippen molar-refractivity contribution in [2.24, 2.45) is 5.73 Å². The van der Waals surface area contributed by atoms with E-state index < -0.39 is 47.7 Å². The predicted molar refractivity (Wildman–Crippen MR) is 103 cm³/mol. The van der Waals surface area contributed by atoms with Crippen LogP contribution >= 0.6 is 36.4 Å². The topological polar surface area (TPSA) is 123 Å². The van der Waals surface area contributed by atoms with Crippen LogP contribution in [0, 0.1) is 0 Å². The van der Waals surface area contributed by atoms with E-state index in [0.29, 0.717) is 6.61 Å². The highest BCUT2D eigenvalue weighted by atomic mass is 35.5. The van der Waals surface area contributed by atoms with Gasteiger partial charge in [-0.25, -0.2) is 0 Å². The molecule has 9 nitrogen and oxygen atoms in total. The Morgan fingerprint density at radius 3 is 2.07 bits per heavy atom. The van der Waals surface area contributed by atoms with Gasteiger partial charge in [-0.2, -0.15) is 0 Å². The van der Waals surface area contributed by atoms with Gasteiger partial charge in [-0.1, -0.05) is 0 Å². The minimum atomic E-state index is -1.04. The number of halogens is 1. The Hall–Kier alpha value is -1.14. The van der Waals surface area contributed by atoms with Crippen LogP contribution in [0.3, 0.4) is 0 Å². The largest absolute Gasteiger partial charge is 0.479 e. The molecule has 1 heterocycles. The summed E-state index contributed by atoms with van der Waals surface area (Å²) in [7, 11) is 0. The van der Waals surface area contributed by atoms with E-state index >= 15 is 0 Å². The number of hydrogen-bond donors (Lipinski definition) is 1. The first-order valence-corrected chi connectivity index (χ1v) is 9.16. The first kappa shape index (κ1) is 25.9. The van der Waals surface area contributed by atoms with Gasteiger partial charge in [-0.15, -0.1) is 12.4 Å². The number of carbonyl (C=O) groups is 3. The lowest BCUT2D eigenvalue weighted by atomic mass is 9.98. The number of rotatable bonds is 6. The first-order valence-electron chi connectivity index (χ1n) is 7.88.